The molecule has 10 heavy (non-hydrogen) atoms. The fraction of sp³-hybridized carbons (Fsp3) is 0.833. The van der Waals surface area contributed by atoms with Gasteiger partial charge in [-0.3, -0.25) is 0 Å². The van der Waals surface area contributed by atoms with Crippen molar-refractivity contribution in [3.05, 3.63) is 0 Å². The van der Waals surface area contributed by atoms with Crippen molar-refractivity contribution in [3.8, 4) is 0 Å². The van der Waals surface area contributed by atoms with Gasteiger partial charge >= 0.3 is 6.09 Å². The molecule has 2 fully saturated rings. The molecule has 0 aromatic rings. The number of likely N-dealkylation sites (tertiary alicyclic amines) is 1. The van der Waals surface area contributed by atoms with Crippen molar-refractivity contribution in [1.82, 2.24) is 4.90 Å². The molecule has 0 aromatic heterocycles. The number of nitrogens with zero attached hydrogens (tertiary/aromatic N) is 1. The Morgan fingerprint density at radius 2 is 2.40 bits per heavy atom. The maximum absolute atomic E-state index is 10.4. The number of carboxylic acid groups (broad SMARTS) is 1. The molecule has 2 aliphatic rings. The molecular weight excluding hydrogens is 134 g/mol. The molecule has 2 saturated heterocycles. The Balaban J connectivity index is 1.99. The smallest absolute Gasteiger partial charge is 0.407 e. The second kappa shape index (κ2) is 1.63. The highest BCUT2D eigenvalue weighted by molar-refractivity contribution is 5.65. The summed E-state index contributed by atoms with van der Waals surface area (Å²) in [6.07, 6.45) is 0.0478. The van der Waals surface area contributed by atoms with Gasteiger partial charge in [-0.1, -0.05) is 0 Å². The highest BCUT2D eigenvalue weighted by Crippen LogP contribution is 2.36. The van der Waals surface area contributed by atoms with Gasteiger partial charge < -0.3 is 14.7 Å². The third kappa shape index (κ3) is 0.759. The van der Waals surface area contributed by atoms with Gasteiger partial charge in [0.25, 0.3) is 0 Å². The van der Waals surface area contributed by atoms with E-state index < -0.39 is 6.09 Å². The van der Waals surface area contributed by atoms with Gasteiger partial charge in [0.1, 0.15) is 5.60 Å². The summed E-state index contributed by atoms with van der Waals surface area (Å²) in [5.41, 5.74) is -0.0572. The maximum atomic E-state index is 10.4. The average Bonchev–Trinajstić information content (AvgIpc) is 2.41. The summed E-state index contributed by atoms with van der Waals surface area (Å²) < 4.78 is 5.13. The Hall–Kier alpha value is -0.770. The summed E-state index contributed by atoms with van der Waals surface area (Å²) in [6.45, 7) is 1.95. The Kier molecular flexibility index (Phi) is 0.976. The van der Waals surface area contributed by atoms with E-state index in [1.165, 1.54) is 4.90 Å². The van der Waals surface area contributed by atoms with Crippen molar-refractivity contribution in [2.45, 2.75) is 12.0 Å². The molecule has 0 saturated carbocycles. The molecular formula is C6H9NO3. The normalized spacial score (nSPS) is 37.0. The Morgan fingerprint density at radius 1 is 1.70 bits per heavy atom. The number of ether oxygens (including phenoxy) is 1. The van der Waals surface area contributed by atoms with Gasteiger partial charge in [0.05, 0.1) is 13.2 Å². The number of hydrogen-bond donors (Lipinski definition) is 1. The van der Waals surface area contributed by atoms with Crippen molar-refractivity contribution < 1.29 is 14.6 Å². The Labute approximate surface area is 58.4 Å². The van der Waals surface area contributed by atoms with Gasteiger partial charge in [-0.05, 0) is 6.42 Å². The molecule has 1 atom stereocenters. The molecule has 1 N–H and O–H groups in total. The third-order valence-corrected chi connectivity index (χ3v) is 2.14. The fourth-order valence-electron chi connectivity index (χ4n) is 1.35. The minimum Gasteiger partial charge on any atom is -0.465 e. The lowest BCUT2D eigenvalue weighted by atomic mass is 10.1. The molecule has 0 bridgehead atoms. The molecule has 4 heteroatoms. The first-order valence-corrected chi connectivity index (χ1v) is 3.34. The van der Waals surface area contributed by atoms with Crippen LogP contribution in [0.25, 0.3) is 0 Å². The van der Waals surface area contributed by atoms with Crippen LogP contribution in [0.5, 0.6) is 0 Å². The van der Waals surface area contributed by atoms with E-state index in [2.05, 4.69) is 0 Å². The standard InChI is InChI=1S/C6H9NO3/c8-5(9)7-2-1-6(3-7)4-10-6/h1-4H2,(H,8,9). The van der Waals surface area contributed by atoms with Crippen LogP contribution in [0.3, 0.4) is 0 Å². The fourth-order valence-corrected chi connectivity index (χ4v) is 1.35. The van der Waals surface area contributed by atoms with Gasteiger partial charge in [0, 0.05) is 6.54 Å². The van der Waals surface area contributed by atoms with Crippen LogP contribution in [-0.2, 0) is 4.74 Å². The van der Waals surface area contributed by atoms with Gasteiger partial charge in [-0.2, -0.15) is 0 Å². The van der Waals surface area contributed by atoms with Crippen molar-refractivity contribution >= 4 is 6.09 Å². The number of carbonyl (C=O) groups is 1. The molecule has 2 aliphatic heterocycles. The number of amides is 1. The Morgan fingerprint density at radius 3 is 2.70 bits per heavy atom. The summed E-state index contributed by atoms with van der Waals surface area (Å²) in [6, 6.07) is 0. The summed E-state index contributed by atoms with van der Waals surface area (Å²) >= 11 is 0. The van der Waals surface area contributed by atoms with Crippen molar-refractivity contribution in [2.75, 3.05) is 19.7 Å². The molecule has 1 amide bonds. The molecule has 2 heterocycles. The van der Waals surface area contributed by atoms with E-state index in [1.807, 2.05) is 0 Å². The first-order chi connectivity index (χ1) is 4.72. The van der Waals surface area contributed by atoms with Crippen LogP contribution in [0.1, 0.15) is 6.42 Å². The number of rotatable bonds is 0. The van der Waals surface area contributed by atoms with Crippen LogP contribution in [0.4, 0.5) is 4.79 Å². The molecule has 1 unspecified atom stereocenters. The minimum atomic E-state index is -0.827. The molecule has 0 aliphatic carbocycles. The zero-order valence-corrected chi connectivity index (χ0v) is 5.54. The first kappa shape index (κ1) is 5.97. The summed E-state index contributed by atoms with van der Waals surface area (Å²) in [7, 11) is 0. The molecule has 1 spiro atoms. The predicted octanol–water partition coefficient (Wildman–Crippen LogP) is 0.139. The molecule has 4 nitrogen and oxygen atoms in total. The van der Waals surface area contributed by atoms with E-state index in [9.17, 15) is 4.79 Å². The predicted molar refractivity (Wildman–Crippen MR) is 32.9 cm³/mol. The van der Waals surface area contributed by atoms with Crippen LogP contribution in [-0.4, -0.2) is 41.4 Å². The van der Waals surface area contributed by atoms with Crippen LogP contribution in [0, 0.1) is 0 Å². The SMILES string of the molecule is O=C(O)N1CCC2(CO2)C1. The largest absolute Gasteiger partial charge is 0.465 e. The van der Waals surface area contributed by atoms with Crippen LogP contribution in [0.2, 0.25) is 0 Å². The maximum Gasteiger partial charge on any atom is 0.407 e. The number of epoxide rings is 1. The van der Waals surface area contributed by atoms with Gasteiger partial charge in [-0.15, -0.1) is 0 Å². The number of hydrogen-bond acceptors (Lipinski definition) is 2. The van der Waals surface area contributed by atoms with E-state index in [1.54, 1.807) is 0 Å². The van der Waals surface area contributed by atoms with E-state index in [0.717, 1.165) is 13.0 Å². The lowest BCUT2D eigenvalue weighted by molar-refractivity contribution is 0.152. The van der Waals surface area contributed by atoms with Crippen LogP contribution < -0.4 is 0 Å². The molecule has 0 radical (unpaired) electrons. The lowest BCUT2D eigenvalue weighted by Gasteiger charge is -2.08. The van der Waals surface area contributed by atoms with Gasteiger partial charge in [0.2, 0.25) is 0 Å². The summed E-state index contributed by atoms with van der Waals surface area (Å²) in [4.78, 5) is 11.8. The molecule has 56 valence electrons. The highest BCUT2D eigenvalue weighted by Gasteiger charge is 2.51. The van der Waals surface area contributed by atoms with Crippen LogP contribution >= 0.6 is 0 Å². The van der Waals surface area contributed by atoms with E-state index in [-0.39, 0.29) is 5.60 Å². The van der Waals surface area contributed by atoms with E-state index in [0.29, 0.717) is 13.1 Å². The summed E-state index contributed by atoms with van der Waals surface area (Å²) in [5.74, 6) is 0. The van der Waals surface area contributed by atoms with Gasteiger partial charge in [-0.25, -0.2) is 4.79 Å². The summed E-state index contributed by atoms with van der Waals surface area (Å²) in [5, 5.41) is 8.54. The van der Waals surface area contributed by atoms with Crippen LogP contribution in [0.15, 0.2) is 0 Å². The van der Waals surface area contributed by atoms with E-state index in [4.69, 9.17) is 9.84 Å². The minimum absolute atomic E-state index is 0.0572. The zero-order chi connectivity index (χ0) is 7.19. The second-order valence-corrected chi connectivity index (χ2v) is 2.93. The van der Waals surface area contributed by atoms with Gasteiger partial charge in [0.15, 0.2) is 0 Å². The zero-order valence-electron chi connectivity index (χ0n) is 5.54. The average molecular weight is 143 g/mol. The quantitative estimate of drug-likeness (QED) is 0.491. The molecule has 2 rings (SSSR count). The monoisotopic (exact) mass is 143 g/mol. The third-order valence-electron chi connectivity index (χ3n) is 2.14. The first-order valence-electron chi connectivity index (χ1n) is 3.34. The molecule has 0 aromatic carbocycles. The van der Waals surface area contributed by atoms with Crippen molar-refractivity contribution in [1.29, 1.82) is 0 Å². The lowest BCUT2D eigenvalue weighted by Crippen LogP contribution is -2.28. The van der Waals surface area contributed by atoms with Crippen molar-refractivity contribution in [3.63, 3.8) is 0 Å². The Bertz CT molecular complexity index is 176. The highest BCUT2D eigenvalue weighted by atomic mass is 16.6. The topological polar surface area (TPSA) is 53.1 Å². The van der Waals surface area contributed by atoms with E-state index >= 15 is 0 Å². The second-order valence-electron chi connectivity index (χ2n) is 2.93. The van der Waals surface area contributed by atoms with Crippen molar-refractivity contribution in [2.24, 2.45) is 0 Å².